The van der Waals surface area contributed by atoms with Gasteiger partial charge >= 0.3 is 0 Å². The number of unbranched alkanes of at least 4 members (excludes halogenated alkanes) is 4. The molecule has 104 valence electrons. The quantitative estimate of drug-likeness (QED) is 0.745. The number of rotatable bonds is 7. The molecule has 0 aromatic heterocycles. The molecule has 0 unspecified atom stereocenters. The van der Waals surface area contributed by atoms with Gasteiger partial charge in [-0.1, -0.05) is 50.3 Å². The van der Waals surface area contributed by atoms with Crippen molar-refractivity contribution in [2.75, 3.05) is 25.6 Å². The lowest BCUT2D eigenvalue weighted by Crippen LogP contribution is -2.18. The maximum absolute atomic E-state index is 7.00. The summed E-state index contributed by atoms with van der Waals surface area (Å²) in [4.78, 5) is 2.28. The van der Waals surface area contributed by atoms with E-state index >= 15 is 0 Å². The van der Waals surface area contributed by atoms with Crippen LogP contribution in [0.4, 0.5) is 5.69 Å². The first-order valence-corrected chi connectivity index (χ1v) is 7.03. The van der Waals surface area contributed by atoms with Gasteiger partial charge in [-0.15, -0.1) is 0 Å². The Balaban J connectivity index is 0.00000137. The van der Waals surface area contributed by atoms with Crippen molar-refractivity contribution in [3.63, 3.8) is 0 Å². The number of anilines is 1. The van der Waals surface area contributed by atoms with Gasteiger partial charge in [-0.2, -0.15) is 0 Å². The van der Waals surface area contributed by atoms with E-state index in [2.05, 4.69) is 24.9 Å². The van der Waals surface area contributed by atoms with Crippen molar-refractivity contribution in [1.29, 1.82) is 0 Å². The molecule has 0 atom stereocenters. The molecule has 0 saturated heterocycles. The molecule has 0 amide bonds. The minimum atomic E-state index is 0.815. The molecule has 18 heavy (non-hydrogen) atoms. The molecule has 0 aliphatic heterocycles. The molecular weight excluding hydrogens is 246 g/mol. The smallest absolute Gasteiger partial charge is 0.0426 e. The molecular formula is C15H26ClNO. The van der Waals surface area contributed by atoms with Crippen LogP contribution >= 0.6 is 11.6 Å². The van der Waals surface area contributed by atoms with Crippen molar-refractivity contribution < 1.29 is 5.11 Å². The van der Waals surface area contributed by atoms with Crippen LogP contribution in [0.2, 0.25) is 5.02 Å². The van der Waals surface area contributed by atoms with Crippen molar-refractivity contribution in [3.05, 3.63) is 29.3 Å². The lowest BCUT2D eigenvalue weighted by Gasteiger charge is -2.19. The SMILES string of the molecule is CCCCCCCN(C)c1cccc(Cl)c1.CO. The zero-order valence-corrected chi connectivity index (χ0v) is 12.6. The van der Waals surface area contributed by atoms with Gasteiger partial charge in [0.05, 0.1) is 0 Å². The highest BCUT2D eigenvalue weighted by Gasteiger charge is 2.00. The summed E-state index contributed by atoms with van der Waals surface area (Å²) in [5.41, 5.74) is 1.21. The van der Waals surface area contributed by atoms with Crippen molar-refractivity contribution in [1.82, 2.24) is 0 Å². The van der Waals surface area contributed by atoms with Gasteiger partial charge in [-0.25, -0.2) is 0 Å². The molecule has 0 spiro atoms. The van der Waals surface area contributed by atoms with Gasteiger partial charge in [-0.05, 0) is 24.6 Å². The minimum absolute atomic E-state index is 0.815. The van der Waals surface area contributed by atoms with Crippen LogP contribution < -0.4 is 4.90 Å². The molecule has 2 nitrogen and oxygen atoms in total. The third kappa shape index (κ3) is 7.57. The summed E-state index contributed by atoms with van der Waals surface area (Å²) in [6.07, 6.45) is 6.63. The van der Waals surface area contributed by atoms with E-state index < -0.39 is 0 Å². The monoisotopic (exact) mass is 271 g/mol. The van der Waals surface area contributed by atoms with Gasteiger partial charge < -0.3 is 10.0 Å². The predicted molar refractivity (Wildman–Crippen MR) is 81.6 cm³/mol. The van der Waals surface area contributed by atoms with Crippen LogP contribution in [-0.4, -0.2) is 25.8 Å². The molecule has 1 rings (SSSR count). The zero-order valence-electron chi connectivity index (χ0n) is 11.8. The van der Waals surface area contributed by atoms with Crippen LogP contribution in [0.5, 0.6) is 0 Å². The summed E-state index contributed by atoms with van der Waals surface area (Å²) in [7, 11) is 3.13. The van der Waals surface area contributed by atoms with Gasteiger partial charge in [-0.3, -0.25) is 0 Å². The van der Waals surface area contributed by atoms with Crippen molar-refractivity contribution in [2.24, 2.45) is 0 Å². The van der Waals surface area contributed by atoms with Gasteiger partial charge in [0.2, 0.25) is 0 Å². The van der Waals surface area contributed by atoms with Crippen LogP contribution in [0.3, 0.4) is 0 Å². The first kappa shape index (κ1) is 17.3. The van der Waals surface area contributed by atoms with E-state index in [1.807, 2.05) is 18.2 Å². The number of halogens is 1. The molecule has 0 fully saturated rings. The van der Waals surface area contributed by atoms with Crippen molar-refractivity contribution in [2.45, 2.75) is 39.0 Å². The molecule has 1 aromatic carbocycles. The van der Waals surface area contributed by atoms with Gasteiger partial charge in [0.1, 0.15) is 0 Å². The van der Waals surface area contributed by atoms with E-state index in [0.717, 1.165) is 18.7 Å². The maximum atomic E-state index is 7.00. The third-order valence-corrected chi connectivity index (χ3v) is 3.08. The lowest BCUT2D eigenvalue weighted by molar-refractivity contribution is 0.399. The van der Waals surface area contributed by atoms with Gasteiger partial charge in [0.25, 0.3) is 0 Å². The highest BCUT2D eigenvalue weighted by Crippen LogP contribution is 2.18. The Bertz CT molecular complexity index is 304. The molecule has 0 aliphatic rings. The molecule has 3 heteroatoms. The third-order valence-electron chi connectivity index (χ3n) is 2.85. The largest absolute Gasteiger partial charge is 0.400 e. The van der Waals surface area contributed by atoms with Gasteiger partial charge in [0.15, 0.2) is 0 Å². The van der Waals surface area contributed by atoms with Crippen LogP contribution in [0.15, 0.2) is 24.3 Å². The summed E-state index contributed by atoms with van der Waals surface area (Å²) in [5.74, 6) is 0. The molecule has 0 bridgehead atoms. The first-order valence-electron chi connectivity index (χ1n) is 6.65. The Kier molecular flexibility index (Phi) is 10.9. The van der Waals surface area contributed by atoms with E-state index in [-0.39, 0.29) is 0 Å². The maximum Gasteiger partial charge on any atom is 0.0426 e. The van der Waals surface area contributed by atoms with Crippen LogP contribution in [0, 0.1) is 0 Å². The fraction of sp³-hybridized carbons (Fsp3) is 0.600. The average molecular weight is 272 g/mol. The average Bonchev–Trinajstić information content (AvgIpc) is 2.40. The fourth-order valence-electron chi connectivity index (χ4n) is 1.80. The Labute approximate surface area is 117 Å². The number of benzene rings is 1. The lowest BCUT2D eigenvalue weighted by atomic mass is 10.1. The molecule has 0 saturated carbocycles. The molecule has 1 aromatic rings. The highest BCUT2D eigenvalue weighted by molar-refractivity contribution is 6.30. The normalized spacial score (nSPS) is 9.61. The second-order valence-electron chi connectivity index (χ2n) is 4.32. The fourth-order valence-corrected chi connectivity index (χ4v) is 1.98. The molecule has 0 heterocycles. The van der Waals surface area contributed by atoms with Gasteiger partial charge in [0, 0.05) is 31.4 Å². The van der Waals surface area contributed by atoms with Crippen molar-refractivity contribution in [3.8, 4) is 0 Å². The van der Waals surface area contributed by atoms with E-state index in [1.54, 1.807) is 0 Å². The van der Waals surface area contributed by atoms with E-state index in [0.29, 0.717) is 0 Å². The summed E-state index contributed by atoms with van der Waals surface area (Å²) >= 11 is 5.96. The van der Waals surface area contributed by atoms with Crippen LogP contribution in [0.1, 0.15) is 39.0 Å². The zero-order chi connectivity index (χ0) is 13.8. The summed E-state index contributed by atoms with van der Waals surface area (Å²) in [6.45, 7) is 3.36. The van der Waals surface area contributed by atoms with E-state index in [1.165, 1.54) is 37.8 Å². The Morgan fingerprint density at radius 1 is 1.11 bits per heavy atom. The first-order chi connectivity index (χ1) is 8.74. The topological polar surface area (TPSA) is 23.5 Å². The number of aliphatic hydroxyl groups is 1. The summed E-state index contributed by atoms with van der Waals surface area (Å²) in [6, 6.07) is 8.05. The number of hydrogen-bond donors (Lipinski definition) is 1. The second-order valence-corrected chi connectivity index (χ2v) is 4.75. The Hall–Kier alpha value is -0.730. The van der Waals surface area contributed by atoms with Crippen LogP contribution in [-0.2, 0) is 0 Å². The van der Waals surface area contributed by atoms with Crippen LogP contribution in [0.25, 0.3) is 0 Å². The Morgan fingerprint density at radius 3 is 2.39 bits per heavy atom. The standard InChI is InChI=1S/C14H22ClN.CH4O/c1-3-4-5-6-7-11-16(2)14-10-8-9-13(15)12-14;1-2/h8-10,12H,3-7,11H2,1-2H3;2H,1H3. The Morgan fingerprint density at radius 2 is 1.78 bits per heavy atom. The number of nitrogens with zero attached hydrogens (tertiary/aromatic N) is 1. The molecule has 1 N–H and O–H groups in total. The molecule has 0 aliphatic carbocycles. The summed E-state index contributed by atoms with van der Waals surface area (Å²) < 4.78 is 0. The summed E-state index contributed by atoms with van der Waals surface area (Å²) in [5, 5.41) is 7.82. The van der Waals surface area contributed by atoms with Crippen molar-refractivity contribution >= 4 is 17.3 Å². The molecule has 0 radical (unpaired) electrons. The van der Waals surface area contributed by atoms with E-state index in [9.17, 15) is 0 Å². The number of aliphatic hydroxyl groups excluding tert-OH is 1. The number of hydrogen-bond acceptors (Lipinski definition) is 2. The van der Waals surface area contributed by atoms with E-state index in [4.69, 9.17) is 16.7 Å². The minimum Gasteiger partial charge on any atom is -0.400 e. The second kappa shape index (κ2) is 11.4. The highest BCUT2D eigenvalue weighted by atomic mass is 35.5. The predicted octanol–water partition coefficient (Wildman–Crippen LogP) is 4.36.